The molecule has 1 aromatic heterocycles. The van der Waals surface area contributed by atoms with E-state index >= 15 is 0 Å². The number of benzene rings is 1. The number of carbonyl (C=O) groups excluding carboxylic acids is 8. The Morgan fingerprint density at radius 2 is 1.54 bits per heavy atom. The highest BCUT2D eigenvalue weighted by Gasteiger charge is 2.33. The molecule has 5 atom stereocenters. The molecule has 0 aliphatic carbocycles. The molecular weight excluding hydrogens is 825 g/mol. The Morgan fingerprint density at radius 1 is 0.889 bits per heavy atom. The number of carbonyl (C=O) groups is 9. The number of nitrogens with two attached hydrogens (primary N) is 3. The third-order valence-corrected chi connectivity index (χ3v) is 10.2. The van der Waals surface area contributed by atoms with Crippen LogP contribution in [0, 0.1) is 0 Å². The number of primary amides is 1. The first kappa shape index (κ1) is 51.0. The molecule has 1 fully saturated rings. The predicted octanol–water partition coefficient (Wildman–Crippen LogP) is -3.39. The van der Waals surface area contributed by atoms with Crippen molar-refractivity contribution in [1.82, 2.24) is 46.7 Å². The second kappa shape index (κ2) is 26.2. The number of amides is 9. The van der Waals surface area contributed by atoms with Gasteiger partial charge in [0.15, 0.2) is 0 Å². The maximum absolute atomic E-state index is 13.8. The van der Waals surface area contributed by atoms with Crippen molar-refractivity contribution >= 4 is 64.3 Å². The molecule has 0 spiro atoms. The van der Waals surface area contributed by atoms with Gasteiger partial charge in [0.25, 0.3) is 0 Å². The Hall–Kier alpha value is -6.33. The van der Waals surface area contributed by atoms with Crippen molar-refractivity contribution < 1.29 is 53.4 Å². The fourth-order valence-corrected chi connectivity index (χ4v) is 6.76. The number of urea groups is 1. The fourth-order valence-electron chi connectivity index (χ4n) is 6.76. The zero-order valence-electron chi connectivity index (χ0n) is 35.5. The van der Waals surface area contributed by atoms with Gasteiger partial charge in [0.05, 0.1) is 32.2 Å². The molecule has 23 heteroatoms. The summed E-state index contributed by atoms with van der Waals surface area (Å²) in [7, 11) is 0. The summed E-state index contributed by atoms with van der Waals surface area (Å²) in [5.74, 6) is -7.47. The van der Waals surface area contributed by atoms with Gasteiger partial charge < -0.3 is 74.1 Å². The van der Waals surface area contributed by atoms with Gasteiger partial charge in [0, 0.05) is 43.3 Å². The van der Waals surface area contributed by atoms with Crippen LogP contribution >= 0.6 is 0 Å². The monoisotopic (exact) mass is 886 g/mol. The van der Waals surface area contributed by atoms with Gasteiger partial charge in [-0.05, 0) is 76.5 Å². The summed E-state index contributed by atoms with van der Waals surface area (Å²) >= 11 is 0. The second-order valence-corrected chi connectivity index (χ2v) is 15.3. The van der Waals surface area contributed by atoms with Crippen molar-refractivity contribution in [3.05, 3.63) is 36.0 Å². The summed E-state index contributed by atoms with van der Waals surface area (Å²) in [5.41, 5.74) is 18.9. The predicted molar refractivity (Wildman–Crippen MR) is 228 cm³/mol. The number of aliphatic hydroxyl groups excluding tert-OH is 1. The number of aliphatic carboxylic acids is 1. The number of carboxylic acids is 1. The Kier molecular flexibility index (Phi) is 21.2. The molecule has 2 aromatic rings. The van der Waals surface area contributed by atoms with Gasteiger partial charge in [-0.25, -0.2) is 4.79 Å². The maximum Gasteiger partial charge on any atom is 0.314 e. The van der Waals surface area contributed by atoms with E-state index in [1.54, 1.807) is 6.20 Å². The standard InChI is InChI=1S/C40H62N12O11/c1-24(35(43)58)47-32(54)21-52-17-9-7-15-45-40(63)44-14-6-8-16-51(38(61)27(42)18-25-20-46-28-11-3-2-10-26(25)28)22-33(55)48-30(19-34(56)57)37(60)49-29(12-4-5-13-41)36(59)50-31(23-53)39(52)62/h2-3,10-11,20,24,27,29-31,46,53H,4-9,12-19,21-23,41-42H2,1H3,(H2,43,58)(H,47,54)(H,48,55)(H,49,60)(H,50,59)(H,56,57)(H2,44,45,63)/t24-,27-,29-,30-,31-/m0/s1. The number of carboxylic acid groups (broad SMARTS) is 1. The van der Waals surface area contributed by atoms with E-state index in [4.69, 9.17) is 17.2 Å². The lowest BCUT2D eigenvalue weighted by Crippen LogP contribution is -2.59. The molecule has 1 aliphatic heterocycles. The Morgan fingerprint density at radius 3 is 2.19 bits per heavy atom. The summed E-state index contributed by atoms with van der Waals surface area (Å²) in [6.45, 7) is -0.303. The molecule has 1 saturated heterocycles. The number of hydrogen-bond acceptors (Lipinski definition) is 12. The van der Waals surface area contributed by atoms with Crippen molar-refractivity contribution in [3.8, 4) is 0 Å². The van der Waals surface area contributed by atoms with Crippen LogP contribution in [0.5, 0.6) is 0 Å². The van der Waals surface area contributed by atoms with E-state index in [-0.39, 0.29) is 58.4 Å². The Labute approximate surface area is 364 Å². The lowest BCUT2D eigenvalue weighted by molar-refractivity contribution is -0.143. The van der Waals surface area contributed by atoms with Crippen LogP contribution in [0.3, 0.4) is 0 Å². The lowest BCUT2D eigenvalue weighted by Gasteiger charge is -2.29. The van der Waals surface area contributed by atoms with Crippen LogP contribution in [0.1, 0.15) is 63.9 Å². The molecule has 348 valence electrons. The molecule has 23 nitrogen and oxygen atoms in total. The molecule has 9 amide bonds. The highest BCUT2D eigenvalue weighted by Crippen LogP contribution is 2.19. The van der Waals surface area contributed by atoms with E-state index in [9.17, 15) is 53.4 Å². The minimum atomic E-state index is -1.74. The van der Waals surface area contributed by atoms with Gasteiger partial charge in [-0.2, -0.15) is 0 Å². The van der Waals surface area contributed by atoms with Gasteiger partial charge in [-0.1, -0.05) is 18.2 Å². The number of aliphatic hydroxyl groups is 1. The van der Waals surface area contributed by atoms with Gasteiger partial charge in [-0.3, -0.25) is 38.4 Å². The van der Waals surface area contributed by atoms with E-state index in [1.807, 2.05) is 24.3 Å². The zero-order chi connectivity index (χ0) is 46.5. The number of hydrogen-bond donors (Lipinski definition) is 12. The molecule has 15 N–H and O–H groups in total. The number of aromatic amines is 1. The highest BCUT2D eigenvalue weighted by molar-refractivity contribution is 5.97. The molecule has 3 rings (SSSR count). The van der Waals surface area contributed by atoms with Crippen LogP contribution in [0.2, 0.25) is 0 Å². The van der Waals surface area contributed by atoms with Crippen LogP contribution < -0.4 is 49.1 Å². The third-order valence-electron chi connectivity index (χ3n) is 10.2. The number of rotatable bonds is 14. The highest BCUT2D eigenvalue weighted by atomic mass is 16.4. The second-order valence-electron chi connectivity index (χ2n) is 15.3. The van der Waals surface area contributed by atoms with Crippen molar-refractivity contribution in [3.63, 3.8) is 0 Å². The first-order valence-electron chi connectivity index (χ1n) is 21.0. The van der Waals surface area contributed by atoms with Crippen molar-refractivity contribution in [2.45, 2.75) is 94.9 Å². The number of para-hydroxylation sites is 1. The smallest absolute Gasteiger partial charge is 0.314 e. The molecule has 1 aromatic carbocycles. The van der Waals surface area contributed by atoms with Crippen molar-refractivity contribution in [2.24, 2.45) is 17.2 Å². The molecule has 0 radical (unpaired) electrons. The number of unbranched alkanes of at least 4 members (excludes halogenated alkanes) is 1. The maximum atomic E-state index is 13.8. The van der Waals surface area contributed by atoms with E-state index in [0.29, 0.717) is 25.7 Å². The average molecular weight is 887 g/mol. The first-order chi connectivity index (χ1) is 30.0. The molecule has 0 bridgehead atoms. The molecule has 1 aliphatic rings. The van der Waals surface area contributed by atoms with E-state index in [0.717, 1.165) is 21.4 Å². The van der Waals surface area contributed by atoms with Crippen LogP contribution in [-0.2, 0) is 44.8 Å². The SMILES string of the molecule is C[C@H](NC(=O)CN1CCCCNC(=O)NCCCCN(C(=O)[C@@H](N)Cc2c[nH]c3ccccc23)CC(=O)N[C@@H](CC(=O)O)C(=O)N[C@@H](CCCCN)C(=O)N[C@@H](CO)C1=O)C(N)=O. The van der Waals surface area contributed by atoms with Crippen molar-refractivity contribution in [1.29, 1.82) is 0 Å². The summed E-state index contributed by atoms with van der Waals surface area (Å²) in [6.07, 6.45) is 2.84. The number of nitrogens with zero attached hydrogens (tertiary/aromatic N) is 2. The summed E-state index contributed by atoms with van der Waals surface area (Å²) < 4.78 is 0. The molecule has 0 saturated carbocycles. The zero-order valence-corrected chi connectivity index (χ0v) is 35.5. The number of H-pyrrole nitrogens is 1. The normalized spacial score (nSPS) is 20.5. The van der Waals surface area contributed by atoms with E-state index in [1.165, 1.54) is 11.8 Å². The lowest BCUT2D eigenvalue weighted by atomic mass is 10.0. The van der Waals surface area contributed by atoms with E-state index in [2.05, 4.69) is 36.9 Å². The van der Waals surface area contributed by atoms with Gasteiger partial charge in [-0.15, -0.1) is 0 Å². The summed E-state index contributed by atoms with van der Waals surface area (Å²) in [5, 5.41) is 35.8. The molecular formula is C40H62N12O11. The Bertz CT molecular complexity index is 1910. The minimum absolute atomic E-state index is 0.0109. The summed E-state index contributed by atoms with van der Waals surface area (Å²) in [6, 6.07) is -0.0258. The number of nitrogens with one attached hydrogen (secondary N) is 7. The van der Waals surface area contributed by atoms with Crippen molar-refractivity contribution in [2.75, 3.05) is 52.4 Å². The van der Waals surface area contributed by atoms with E-state index < -0.39 is 110 Å². The number of aromatic nitrogens is 1. The third kappa shape index (κ3) is 17.2. The topological polar surface area (TPSA) is 367 Å². The molecule has 0 unspecified atom stereocenters. The van der Waals surface area contributed by atoms with Gasteiger partial charge >= 0.3 is 12.0 Å². The average Bonchev–Trinajstić information content (AvgIpc) is 3.64. The number of fused-ring (bicyclic) bond motifs is 1. The first-order valence-corrected chi connectivity index (χ1v) is 21.0. The molecule has 63 heavy (non-hydrogen) atoms. The quantitative estimate of drug-likeness (QED) is 0.0825. The van der Waals surface area contributed by atoms with Crippen LogP contribution in [-0.4, -0.2) is 161 Å². The van der Waals surface area contributed by atoms with Crippen LogP contribution in [0.25, 0.3) is 10.9 Å². The van der Waals surface area contributed by atoms with Gasteiger partial charge in [0.2, 0.25) is 41.4 Å². The molecule has 2 heterocycles. The van der Waals surface area contributed by atoms with Crippen LogP contribution in [0.4, 0.5) is 4.79 Å². The van der Waals surface area contributed by atoms with Gasteiger partial charge in [0.1, 0.15) is 24.2 Å². The Balaban J connectivity index is 1.90. The fraction of sp³-hybridized carbons (Fsp3) is 0.575. The largest absolute Gasteiger partial charge is 0.481 e. The summed E-state index contributed by atoms with van der Waals surface area (Å²) in [4.78, 5) is 123. The van der Waals surface area contributed by atoms with Crippen LogP contribution in [0.15, 0.2) is 30.5 Å². The minimum Gasteiger partial charge on any atom is -0.481 e.